The number of hydrogen-bond acceptors (Lipinski definition) is 4. The number of aliphatic hydroxyl groups is 1. The lowest BCUT2D eigenvalue weighted by atomic mass is 10.1. The number of aliphatic imine (C=N–C) groups is 1. The van der Waals surface area contributed by atoms with Gasteiger partial charge < -0.3 is 15.7 Å². The van der Waals surface area contributed by atoms with Crippen LogP contribution in [0.25, 0.3) is 0 Å². The van der Waals surface area contributed by atoms with Gasteiger partial charge in [-0.2, -0.15) is 11.8 Å². The van der Waals surface area contributed by atoms with Gasteiger partial charge in [-0.05, 0) is 44.7 Å². The quantitative estimate of drug-likeness (QED) is 0.347. The second kappa shape index (κ2) is 11.1. The second-order valence-electron chi connectivity index (χ2n) is 5.34. The molecule has 0 aromatic carbocycles. The number of aliphatic hydroxyl groups excluding tert-OH is 1. The van der Waals surface area contributed by atoms with Crippen LogP contribution < -0.4 is 10.6 Å². The number of nitrogens with one attached hydrogen (secondary N) is 2. The molecular formula is C15H27IN4OS. The van der Waals surface area contributed by atoms with Gasteiger partial charge >= 0.3 is 0 Å². The predicted octanol–water partition coefficient (Wildman–Crippen LogP) is 2.43. The van der Waals surface area contributed by atoms with E-state index in [1.54, 1.807) is 24.2 Å². The average Bonchev–Trinajstić information content (AvgIpc) is 2.50. The molecule has 22 heavy (non-hydrogen) atoms. The van der Waals surface area contributed by atoms with Crippen molar-refractivity contribution in [1.29, 1.82) is 0 Å². The van der Waals surface area contributed by atoms with Crippen molar-refractivity contribution in [3.63, 3.8) is 0 Å². The van der Waals surface area contributed by atoms with Gasteiger partial charge in [-0.15, -0.1) is 24.0 Å². The Balaban J connectivity index is 0.00000441. The van der Waals surface area contributed by atoms with E-state index in [2.05, 4.69) is 40.7 Å². The molecule has 3 N–H and O–H groups in total. The topological polar surface area (TPSA) is 69.5 Å². The highest BCUT2D eigenvalue weighted by Gasteiger charge is 2.15. The molecule has 0 fully saturated rings. The molecule has 0 aliphatic rings. The van der Waals surface area contributed by atoms with Crippen molar-refractivity contribution >= 4 is 41.7 Å². The summed E-state index contributed by atoms with van der Waals surface area (Å²) >= 11 is 1.79. The van der Waals surface area contributed by atoms with Crippen LogP contribution in [0.5, 0.6) is 0 Å². The summed E-state index contributed by atoms with van der Waals surface area (Å²) in [6, 6.07) is 3.63. The Morgan fingerprint density at radius 2 is 2.00 bits per heavy atom. The van der Waals surface area contributed by atoms with E-state index in [-0.39, 0.29) is 28.7 Å². The zero-order valence-electron chi connectivity index (χ0n) is 13.7. The molecule has 0 saturated heterocycles. The third-order valence-electron chi connectivity index (χ3n) is 3.07. The van der Waals surface area contributed by atoms with Crippen LogP contribution in [0.1, 0.15) is 32.4 Å². The van der Waals surface area contributed by atoms with E-state index in [0.29, 0.717) is 6.54 Å². The van der Waals surface area contributed by atoms with E-state index in [1.807, 2.05) is 19.1 Å². The first-order chi connectivity index (χ1) is 9.98. The van der Waals surface area contributed by atoms with Crippen molar-refractivity contribution < 1.29 is 5.11 Å². The summed E-state index contributed by atoms with van der Waals surface area (Å²) in [6.07, 6.45) is 4.87. The average molecular weight is 438 g/mol. The Labute approximate surface area is 154 Å². The van der Waals surface area contributed by atoms with Crippen LogP contribution in [0.2, 0.25) is 0 Å². The lowest BCUT2D eigenvalue weighted by molar-refractivity contribution is 0.180. The Kier molecular flexibility index (Phi) is 10.8. The minimum Gasteiger partial charge on any atom is -0.387 e. The number of thioether (sulfide) groups is 1. The van der Waals surface area contributed by atoms with Gasteiger partial charge in [-0.3, -0.25) is 9.98 Å². The first-order valence-electron chi connectivity index (χ1n) is 7.14. The molecule has 1 rings (SSSR count). The monoisotopic (exact) mass is 438 g/mol. The van der Waals surface area contributed by atoms with Crippen LogP contribution in [0, 0.1) is 0 Å². The van der Waals surface area contributed by atoms with Crippen LogP contribution in [0.15, 0.2) is 29.5 Å². The molecule has 0 aliphatic carbocycles. The van der Waals surface area contributed by atoms with Crippen molar-refractivity contribution in [2.24, 2.45) is 4.99 Å². The summed E-state index contributed by atoms with van der Waals surface area (Å²) < 4.78 is 0.103. The molecule has 1 heterocycles. The van der Waals surface area contributed by atoms with Crippen molar-refractivity contribution in [3.8, 4) is 0 Å². The SMILES string of the molecule is CCNC(=NCC(C)(C)SC)NCC(O)c1ccncc1.I. The molecular weight excluding hydrogens is 411 g/mol. The van der Waals surface area contributed by atoms with Crippen LogP contribution >= 0.6 is 35.7 Å². The van der Waals surface area contributed by atoms with E-state index in [1.165, 1.54) is 0 Å². The molecule has 0 radical (unpaired) electrons. The third-order valence-corrected chi connectivity index (χ3v) is 4.30. The molecule has 126 valence electrons. The molecule has 0 spiro atoms. The number of aromatic nitrogens is 1. The van der Waals surface area contributed by atoms with Gasteiger partial charge in [-0.1, -0.05) is 0 Å². The van der Waals surface area contributed by atoms with Gasteiger partial charge in [0, 0.05) is 30.2 Å². The first kappa shape index (κ1) is 21.5. The molecule has 1 unspecified atom stereocenters. The minimum absolute atomic E-state index is 0. The summed E-state index contributed by atoms with van der Waals surface area (Å²) in [7, 11) is 0. The fourth-order valence-corrected chi connectivity index (χ4v) is 1.77. The van der Waals surface area contributed by atoms with Gasteiger partial charge in [0.05, 0.1) is 12.6 Å². The summed E-state index contributed by atoms with van der Waals surface area (Å²) in [6.45, 7) is 8.27. The van der Waals surface area contributed by atoms with E-state index in [9.17, 15) is 5.11 Å². The van der Waals surface area contributed by atoms with Gasteiger partial charge in [0.2, 0.25) is 0 Å². The third kappa shape index (κ3) is 8.19. The van der Waals surface area contributed by atoms with Gasteiger partial charge in [0.1, 0.15) is 0 Å². The summed E-state index contributed by atoms with van der Waals surface area (Å²) in [4.78, 5) is 8.52. The molecule has 5 nitrogen and oxygen atoms in total. The summed E-state index contributed by atoms with van der Waals surface area (Å²) in [5.74, 6) is 0.729. The standard InChI is InChI=1S/C15H26N4OS.HI/c1-5-17-14(19-11-15(2,3)21-4)18-10-13(20)12-6-8-16-9-7-12;/h6-9,13,20H,5,10-11H2,1-4H3,(H2,17,18,19);1H. The fourth-order valence-electron chi connectivity index (χ4n) is 1.57. The van der Waals surface area contributed by atoms with Gasteiger partial charge in [0.25, 0.3) is 0 Å². The molecule has 0 aliphatic heterocycles. The molecule has 1 aromatic heterocycles. The van der Waals surface area contributed by atoms with Crippen molar-refractivity contribution in [2.75, 3.05) is 25.9 Å². The van der Waals surface area contributed by atoms with Crippen molar-refractivity contribution in [2.45, 2.75) is 31.6 Å². The normalized spacial score (nSPS) is 13.2. The smallest absolute Gasteiger partial charge is 0.191 e. The number of halogens is 1. The minimum atomic E-state index is -0.578. The predicted molar refractivity (Wildman–Crippen MR) is 106 cm³/mol. The Morgan fingerprint density at radius 1 is 1.36 bits per heavy atom. The maximum atomic E-state index is 10.1. The Bertz CT molecular complexity index is 442. The van der Waals surface area contributed by atoms with Crippen LogP contribution in [0.3, 0.4) is 0 Å². The second-order valence-corrected chi connectivity index (χ2v) is 6.85. The maximum absolute atomic E-state index is 10.1. The van der Waals surface area contributed by atoms with Crippen LogP contribution in [-0.4, -0.2) is 46.7 Å². The number of hydrogen-bond donors (Lipinski definition) is 3. The first-order valence-corrected chi connectivity index (χ1v) is 8.36. The Morgan fingerprint density at radius 3 is 2.55 bits per heavy atom. The van der Waals surface area contributed by atoms with Crippen LogP contribution in [0.4, 0.5) is 0 Å². The highest BCUT2D eigenvalue weighted by atomic mass is 127. The van der Waals surface area contributed by atoms with E-state index in [4.69, 9.17) is 0 Å². The van der Waals surface area contributed by atoms with E-state index in [0.717, 1.165) is 24.6 Å². The number of guanidine groups is 1. The number of rotatable bonds is 7. The van der Waals surface area contributed by atoms with Gasteiger partial charge in [0.15, 0.2) is 5.96 Å². The highest BCUT2D eigenvalue weighted by molar-refractivity contribution is 14.0. The fraction of sp³-hybridized carbons (Fsp3) is 0.600. The zero-order valence-corrected chi connectivity index (χ0v) is 16.8. The number of nitrogens with zero attached hydrogens (tertiary/aromatic N) is 2. The van der Waals surface area contributed by atoms with Crippen molar-refractivity contribution in [3.05, 3.63) is 30.1 Å². The van der Waals surface area contributed by atoms with E-state index >= 15 is 0 Å². The lowest BCUT2D eigenvalue weighted by Gasteiger charge is -2.21. The molecule has 1 aromatic rings. The zero-order chi connectivity index (χ0) is 15.7. The van der Waals surface area contributed by atoms with Crippen LogP contribution in [-0.2, 0) is 0 Å². The lowest BCUT2D eigenvalue weighted by Crippen LogP contribution is -2.40. The molecule has 7 heteroatoms. The summed E-state index contributed by atoms with van der Waals surface area (Å²) in [5, 5.41) is 16.5. The molecule has 1 atom stereocenters. The Hall–Kier alpha value is -0.540. The number of pyridine rings is 1. The van der Waals surface area contributed by atoms with Crippen molar-refractivity contribution in [1.82, 2.24) is 15.6 Å². The van der Waals surface area contributed by atoms with E-state index < -0.39 is 6.10 Å². The molecule has 0 saturated carbocycles. The van der Waals surface area contributed by atoms with Gasteiger partial charge in [-0.25, -0.2) is 0 Å². The molecule has 0 amide bonds. The highest BCUT2D eigenvalue weighted by Crippen LogP contribution is 2.20. The maximum Gasteiger partial charge on any atom is 0.191 e. The molecule has 0 bridgehead atoms. The summed E-state index contributed by atoms with van der Waals surface area (Å²) in [5.41, 5.74) is 0.845. The largest absolute Gasteiger partial charge is 0.387 e.